The van der Waals surface area contributed by atoms with Crippen LogP contribution < -0.4 is 11.1 Å². The maximum Gasteiger partial charge on any atom is 0.239 e. The average molecular weight is 325 g/mol. The number of halogens is 1. The summed E-state index contributed by atoms with van der Waals surface area (Å²) in [5, 5.41) is 6.97. The average Bonchev–Trinajstić information content (AvgIpc) is 3.02. The predicted octanol–water partition coefficient (Wildman–Crippen LogP) is 0.927. The summed E-state index contributed by atoms with van der Waals surface area (Å²) in [6, 6.07) is 9.32. The molecule has 0 fully saturated rings. The maximum atomic E-state index is 11.6. The highest BCUT2D eigenvalue weighted by molar-refractivity contribution is 5.85. The van der Waals surface area contributed by atoms with Crippen molar-refractivity contribution in [1.82, 2.24) is 15.1 Å². The molecule has 0 saturated heterocycles. The van der Waals surface area contributed by atoms with Crippen LogP contribution in [0.2, 0.25) is 0 Å². The third-order valence-electron chi connectivity index (χ3n) is 3.10. The minimum absolute atomic E-state index is 0. The minimum Gasteiger partial charge on any atom is -0.383 e. The molecule has 1 aromatic heterocycles. The molecule has 1 atom stereocenters. The normalized spacial score (nSPS) is 11.5. The van der Waals surface area contributed by atoms with Crippen molar-refractivity contribution >= 4 is 18.3 Å². The van der Waals surface area contributed by atoms with Crippen LogP contribution in [-0.4, -0.2) is 42.0 Å². The lowest BCUT2D eigenvalue weighted by Crippen LogP contribution is -2.44. The Morgan fingerprint density at radius 1 is 1.41 bits per heavy atom. The molecule has 0 aliphatic carbocycles. The van der Waals surface area contributed by atoms with Crippen molar-refractivity contribution in [3.63, 3.8) is 0 Å². The predicted molar refractivity (Wildman–Crippen MR) is 87.4 cm³/mol. The van der Waals surface area contributed by atoms with Gasteiger partial charge in [0.25, 0.3) is 0 Å². The fourth-order valence-corrected chi connectivity index (χ4v) is 1.95. The number of aromatic nitrogens is 2. The van der Waals surface area contributed by atoms with Gasteiger partial charge in [-0.15, -0.1) is 12.4 Å². The summed E-state index contributed by atoms with van der Waals surface area (Å²) in [7, 11) is 1.52. The number of methoxy groups -OCH3 is 1. The van der Waals surface area contributed by atoms with E-state index in [9.17, 15) is 4.79 Å². The van der Waals surface area contributed by atoms with Crippen LogP contribution >= 0.6 is 12.4 Å². The molecule has 22 heavy (non-hydrogen) atoms. The van der Waals surface area contributed by atoms with E-state index in [0.29, 0.717) is 6.54 Å². The van der Waals surface area contributed by atoms with Gasteiger partial charge in [0.05, 0.1) is 12.3 Å². The van der Waals surface area contributed by atoms with Crippen LogP contribution in [-0.2, 0) is 16.0 Å². The van der Waals surface area contributed by atoms with Crippen molar-refractivity contribution in [2.24, 2.45) is 5.73 Å². The lowest BCUT2D eigenvalue weighted by atomic mass is 10.1. The second-order valence-corrected chi connectivity index (χ2v) is 4.72. The first-order valence-corrected chi connectivity index (χ1v) is 6.82. The molecule has 1 aromatic carbocycles. The first-order chi connectivity index (χ1) is 10.2. The molecular formula is C15H21ClN4O2. The Hall–Kier alpha value is -1.89. The van der Waals surface area contributed by atoms with Gasteiger partial charge < -0.3 is 15.8 Å². The van der Waals surface area contributed by atoms with Crippen molar-refractivity contribution < 1.29 is 9.53 Å². The molecule has 7 heteroatoms. The smallest absolute Gasteiger partial charge is 0.239 e. The van der Waals surface area contributed by atoms with Crippen LogP contribution in [0.5, 0.6) is 0 Å². The monoisotopic (exact) mass is 324 g/mol. The Morgan fingerprint density at radius 3 is 2.73 bits per heavy atom. The Labute approximate surface area is 136 Å². The highest BCUT2D eigenvalue weighted by atomic mass is 35.5. The number of ether oxygens (including phenoxy) is 1. The van der Waals surface area contributed by atoms with E-state index in [1.54, 1.807) is 10.9 Å². The van der Waals surface area contributed by atoms with E-state index in [2.05, 4.69) is 10.4 Å². The summed E-state index contributed by atoms with van der Waals surface area (Å²) in [6.07, 6.45) is 4.39. The molecule has 3 N–H and O–H groups in total. The van der Waals surface area contributed by atoms with E-state index in [-0.39, 0.29) is 24.9 Å². The van der Waals surface area contributed by atoms with Crippen molar-refractivity contribution in [2.75, 3.05) is 20.3 Å². The number of nitrogens with two attached hydrogens (primary N) is 1. The molecule has 1 amide bonds. The molecule has 1 unspecified atom stereocenters. The van der Waals surface area contributed by atoms with Gasteiger partial charge in [0.1, 0.15) is 6.04 Å². The van der Waals surface area contributed by atoms with E-state index in [4.69, 9.17) is 10.5 Å². The largest absolute Gasteiger partial charge is 0.383 e. The van der Waals surface area contributed by atoms with E-state index in [1.807, 2.05) is 36.5 Å². The van der Waals surface area contributed by atoms with Gasteiger partial charge in [-0.25, -0.2) is 4.68 Å². The van der Waals surface area contributed by atoms with E-state index >= 15 is 0 Å². The van der Waals surface area contributed by atoms with Crippen molar-refractivity contribution in [3.8, 4) is 5.69 Å². The molecule has 0 spiro atoms. The van der Waals surface area contributed by atoms with Gasteiger partial charge in [-0.3, -0.25) is 4.79 Å². The quantitative estimate of drug-likeness (QED) is 0.793. The number of rotatable bonds is 7. The van der Waals surface area contributed by atoms with Crippen LogP contribution in [0.25, 0.3) is 5.69 Å². The molecule has 0 radical (unpaired) electrons. The molecular weight excluding hydrogens is 304 g/mol. The molecule has 0 bridgehead atoms. The molecule has 120 valence electrons. The Bertz CT molecular complexity index is 557. The lowest BCUT2D eigenvalue weighted by molar-refractivity contribution is -0.123. The summed E-state index contributed by atoms with van der Waals surface area (Å²) in [5.41, 5.74) is 7.79. The van der Waals surface area contributed by atoms with Crippen LogP contribution in [0, 0.1) is 0 Å². The highest BCUT2D eigenvalue weighted by Crippen LogP contribution is 2.08. The van der Waals surface area contributed by atoms with E-state index < -0.39 is 6.04 Å². The fraction of sp³-hybridized carbons (Fsp3) is 0.333. The van der Waals surface area contributed by atoms with Gasteiger partial charge in [-0.2, -0.15) is 5.10 Å². The molecule has 6 nitrogen and oxygen atoms in total. The van der Waals surface area contributed by atoms with Crippen LogP contribution in [0.1, 0.15) is 5.56 Å². The highest BCUT2D eigenvalue weighted by Gasteiger charge is 2.11. The summed E-state index contributed by atoms with van der Waals surface area (Å²) >= 11 is 0. The number of benzene rings is 1. The van der Waals surface area contributed by atoms with Gasteiger partial charge in [-0.05, 0) is 30.2 Å². The number of carbonyl (C=O) groups is 1. The number of nitrogens with zero attached hydrogens (tertiary/aromatic N) is 2. The third kappa shape index (κ3) is 5.14. The zero-order valence-corrected chi connectivity index (χ0v) is 13.3. The molecule has 0 saturated carbocycles. The second-order valence-electron chi connectivity index (χ2n) is 4.72. The molecule has 2 rings (SSSR count). The number of carbonyl (C=O) groups excluding carboxylic acids is 1. The van der Waals surface area contributed by atoms with Crippen molar-refractivity contribution in [1.29, 1.82) is 0 Å². The van der Waals surface area contributed by atoms with Crippen molar-refractivity contribution in [2.45, 2.75) is 12.5 Å². The number of hydrogen-bond acceptors (Lipinski definition) is 4. The third-order valence-corrected chi connectivity index (χ3v) is 3.10. The summed E-state index contributed by atoms with van der Waals surface area (Å²) in [6.45, 7) is 0.780. The van der Waals surface area contributed by atoms with Crippen LogP contribution in [0.4, 0.5) is 0 Å². The van der Waals surface area contributed by atoms with Crippen molar-refractivity contribution in [3.05, 3.63) is 48.3 Å². The van der Waals surface area contributed by atoms with Gasteiger partial charge in [0.15, 0.2) is 0 Å². The summed E-state index contributed by atoms with van der Waals surface area (Å²) in [5.74, 6) is -0.190. The van der Waals surface area contributed by atoms with Gasteiger partial charge in [0, 0.05) is 26.0 Å². The lowest BCUT2D eigenvalue weighted by Gasteiger charge is -2.11. The second kappa shape index (κ2) is 9.19. The molecule has 0 aliphatic rings. The summed E-state index contributed by atoms with van der Waals surface area (Å²) < 4.78 is 6.64. The van der Waals surface area contributed by atoms with E-state index in [1.165, 1.54) is 7.11 Å². The van der Waals surface area contributed by atoms with E-state index in [0.717, 1.165) is 17.7 Å². The number of amides is 1. The fourth-order valence-electron chi connectivity index (χ4n) is 1.95. The van der Waals surface area contributed by atoms with Gasteiger partial charge in [0.2, 0.25) is 5.91 Å². The first kappa shape index (κ1) is 18.2. The molecule has 1 heterocycles. The summed E-state index contributed by atoms with van der Waals surface area (Å²) in [4.78, 5) is 11.6. The number of hydrogen-bond donors (Lipinski definition) is 2. The zero-order chi connectivity index (χ0) is 15.1. The van der Waals surface area contributed by atoms with Gasteiger partial charge >= 0.3 is 0 Å². The maximum absolute atomic E-state index is 11.6. The van der Waals surface area contributed by atoms with Crippen LogP contribution in [0.3, 0.4) is 0 Å². The topological polar surface area (TPSA) is 82.2 Å². The Morgan fingerprint density at radius 2 is 2.14 bits per heavy atom. The van der Waals surface area contributed by atoms with Crippen LogP contribution in [0.15, 0.2) is 42.7 Å². The SMILES string of the molecule is COCC(N)C(=O)NCCc1ccc(-n2cccn2)cc1.Cl. The first-order valence-electron chi connectivity index (χ1n) is 6.82. The Balaban J connectivity index is 0.00000242. The van der Waals surface area contributed by atoms with Gasteiger partial charge in [-0.1, -0.05) is 12.1 Å². The Kier molecular flexibility index (Phi) is 7.59. The zero-order valence-electron chi connectivity index (χ0n) is 12.4. The standard InChI is InChI=1S/C15H20N4O2.ClH/c1-21-11-14(16)15(20)17-9-7-12-3-5-13(6-4-12)19-10-2-8-18-19;/h2-6,8,10,14H,7,9,11,16H2,1H3,(H,17,20);1H. The molecule has 0 aliphatic heterocycles. The number of nitrogens with one attached hydrogen (secondary N) is 1. The minimum atomic E-state index is -0.614. The molecule has 2 aromatic rings.